The number of aliphatic hydroxyl groups excluding tert-OH is 1. The van der Waals surface area contributed by atoms with Crippen molar-refractivity contribution in [3.63, 3.8) is 0 Å². The molecular weight excluding hydrogens is 272 g/mol. The van der Waals surface area contributed by atoms with Crippen molar-refractivity contribution in [2.24, 2.45) is 0 Å². The maximum absolute atomic E-state index is 11.8. The van der Waals surface area contributed by atoms with Crippen LogP contribution in [0.4, 0.5) is 0 Å². The van der Waals surface area contributed by atoms with Gasteiger partial charge in [0.2, 0.25) is 0 Å². The zero-order valence-electron chi connectivity index (χ0n) is 8.69. The second-order valence-electron chi connectivity index (χ2n) is 3.95. The average Bonchev–Trinajstić information content (AvgIpc) is 2.65. The SMILES string of the molecule is O=C(Cc1cccc(Br)n1)[C@@H]1C[C@@H](O)CN1. The second-order valence-corrected chi connectivity index (χ2v) is 4.76. The van der Waals surface area contributed by atoms with E-state index < -0.39 is 6.10 Å². The standard InChI is InChI=1S/C11H13BrN2O2/c12-11-3-1-2-7(14-11)4-10(16)9-5-8(15)6-13-9/h1-3,8-9,13,15H,4-6H2/t8-,9+/m1/s1. The lowest BCUT2D eigenvalue weighted by atomic mass is 10.1. The molecule has 1 fully saturated rings. The molecule has 0 spiro atoms. The molecule has 0 radical (unpaired) electrons. The van der Waals surface area contributed by atoms with Crippen molar-refractivity contribution in [3.05, 3.63) is 28.5 Å². The lowest BCUT2D eigenvalue weighted by Gasteiger charge is -2.08. The number of pyridine rings is 1. The molecule has 1 aromatic rings. The van der Waals surface area contributed by atoms with Crippen LogP contribution in [0.5, 0.6) is 0 Å². The summed E-state index contributed by atoms with van der Waals surface area (Å²) in [5.41, 5.74) is 0.752. The number of hydrogen-bond acceptors (Lipinski definition) is 4. The molecule has 1 aliphatic rings. The Morgan fingerprint density at radius 1 is 1.62 bits per heavy atom. The van der Waals surface area contributed by atoms with Crippen molar-refractivity contribution >= 4 is 21.7 Å². The van der Waals surface area contributed by atoms with Gasteiger partial charge in [0, 0.05) is 12.2 Å². The van der Waals surface area contributed by atoms with E-state index >= 15 is 0 Å². The van der Waals surface area contributed by atoms with E-state index in [1.807, 2.05) is 18.2 Å². The van der Waals surface area contributed by atoms with Gasteiger partial charge in [-0.15, -0.1) is 0 Å². The van der Waals surface area contributed by atoms with E-state index in [9.17, 15) is 9.90 Å². The van der Waals surface area contributed by atoms with Crippen LogP contribution >= 0.6 is 15.9 Å². The van der Waals surface area contributed by atoms with Gasteiger partial charge in [-0.2, -0.15) is 0 Å². The molecule has 1 aromatic heterocycles. The predicted molar refractivity (Wildman–Crippen MR) is 63.1 cm³/mol. The van der Waals surface area contributed by atoms with Gasteiger partial charge in [0.15, 0.2) is 5.78 Å². The summed E-state index contributed by atoms with van der Waals surface area (Å²) in [6.45, 7) is 0.502. The van der Waals surface area contributed by atoms with E-state index in [2.05, 4.69) is 26.2 Å². The Morgan fingerprint density at radius 3 is 3.06 bits per heavy atom. The third-order valence-electron chi connectivity index (χ3n) is 2.62. The zero-order valence-corrected chi connectivity index (χ0v) is 10.3. The summed E-state index contributed by atoms with van der Waals surface area (Å²) < 4.78 is 0.734. The first kappa shape index (κ1) is 11.7. The topological polar surface area (TPSA) is 62.2 Å². The minimum absolute atomic E-state index is 0.0853. The number of carbonyl (C=O) groups is 1. The van der Waals surface area contributed by atoms with Gasteiger partial charge in [-0.05, 0) is 34.5 Å². The maximum atomic E-state index is 11.8. The summed E-state index contributed by atoms with van der Waals surface area (Å²) in [7, 11) is 0. The molecule has 2 rings (SSSR count). The third-order valence-corrected chi connectivity index (χ3v) is 3.07. The van der Waals surface area contributed by atoms with Crippen LogP contribution in [0.1, 0.15) is 12.1 Å². The van der Waals surface area contributed by atoms with Gasteiger partial charge in [0.1, 0.15) is 4.60 Å². The minimum Gasteiger partial charge on any atom is -0.392 e. The van der Waals surface area contributed by atoms with Gasteiger partial charge in [-0.25, -0.2) is 4.98 Å². The summed E-state index contributed by atoms with van der Waals surface area (Å²) in [6.07, 6.45) is 0.417. The molecule has 4 nitrogen and oxygen atoms in total. The number of Topliss-reactive ketones (excluding diaryl/α,β-unsaturated/α-hetero) is 1. The highest BCUT2D eigenvalue weighted by Gasteiger charge is 2.27. The number of nitrogens with zero attached hydrogens (tertiary/aromatic N) is 1. The summed E-state index contributed by atoms with van der Waals surface area (Å²) in [5, 5.41) is 12.3. The number of aliphatic hydroxyl groups is 1. The Hall–Kier alpha value is -0.780. The molecule has 2 heterocycles. The molecule has 0 aliphatic carbocycles. The van der Waals surface area contributed by atoms with Gasteiger partial charge in [0.05, 0.1) is 18.6 Å². The van der Waals surface area contributed by atoms with Crippen molar-refractivity contribution in [1.29, 1.82) is 0 Å². The van der Waals surface area contributed by atoms with E-state index in [1.54, 1.807) is 0 Å². The highest BCUT2D eigenvalue weighted by molar-refractivity contribution is 9.10. The quantitative estimate of drug-likeness (QED) is 0.802. The molecule has 86 valence electrons. The molecule has 5 heteroatoms. The lowest BCUT2D eigenvalue weighted by molar-refractivity contribution is -0.120. The van der Waals surface area contributed by atoms with Crippen LogP contribution in [0.25, 0.3) is 0 Å². The number of rotatable bonds is 3. The van der Waals surface area contributed by atoms with Crippen molar-refractivity contribution < 1.29 is 9.90 Å². The third kappa shape index (κ3) is 2.87. The Labute approximate surface area is 102 Å². The van der Waals surface area contributed by atoms with Crippen LogP contribution in [0, 0.1) is 0 Å². The Balaban J connectivity index is 1.97. The summed E-state index contributed by atoms with van der Waals surface area (Å²) in [5.74, 6) is 0.0853. The van der Waals surface area contributed by atoms with Crippen LogP contribution in [-0.2, 0) is 11.2 Å². The van der Waals surface area contributed by atoms with Crippen molar-refractivity contribution in [2.75, 3.05) is 6.54 Å². The highest BCUT2D eigenvalue weighted by Crippen LogP contribution is 2.11. The number of hydrogen-bond donors (Lipinski definition) is 2. The molecule has 2 atom stereocenters. The van der Waals surface area contributed by atoms with Gasteiger partial charge < -0.3 is 10.4 Å². The van der Waals surface area contributed by atoms with Crippen LogP contribution in [0.2, 0.25) is 0 Å². The molecule has 1 aliphatic heterocycles. The van der Waals surface area contributed by atoms with Gasteiger partial charge in [-0.1, -0.05) is 6.07 Å². The molecule has 0 amide bonds. The summed E-state index contributed by atoms with van der Waals surface area (Å²) >= 11 is 3.27. The summed E-state index contributed by atoms with van der Waals surface area (Å²) in [4.78, 5) is 16.1. The lowest BCUT2D eigenvalue weighted by Crippen LogP contribution is -2.32. The normalized spacial score (nSPS) is 24.6. The van der Waals surface area contributed by atoms with E-state index in [1.165, 1.54) is 0 Å². The Kier molecular flexibility index (Phi) is 3.68. The van der Waals surface area contributed by atoms with Crippen molar-refractivity contribution in [2.45, 2.75) is 25.0 Å². The van der Waals surface area contributed by atoms with Crippen LogP contribution in [0.15, 0.2) is 22.8 Å². The number of ketones is 1. The zero-order chi connectivity index (χ0) is 11.5. The average molecular weight is 285 g/mol. The smallest absolute Gasteiger partial charge is 0.155 e. The fourth-order valence-corrected chi connectivity index (χ4v) is 2.19. The number of aromatic nitrogens is 1. The fourth-order valence-electron chi connectivity index (χ4n) is 1.81. The van der Waals surface area contributed by atoms with Crippen molar-refractivity contribution in [1.82, 2.24) is 10.3 Å². The van der Waals surface area contributed by atoms with E-state index in [-0.39, 0.29) is 11.8 Å². The van der Waals surface area contributed by atoms with Crippen LogP contribution < -0.4 is 5.32 Å². The van der Waals surface area contributed by atoms with E-state index in [0.717, 1.165) is 10.3 Å². The Bertz CT molecular complexity index is 397. The number of carbonyl (C=O) groups excluding carboxylic acids is 1. The number of β-amino-alcohol motifs (C(OH)–C–C–N with tert-alkyl or cyclic N) is 1. The van der Waals surface area contributed by atoms with Gasteiger partial charge >= 0.3 is 0 Å². The van der Waals surface area contributed by atoms with Crippen LogP contribution in [-0.4, -0.2) is 34.6 Å². The maximum Gasteiger partial charge on any atom is 0.155 e. The summed E-state index contributed by atoms with van der Waals surface area (Å²) in [6, 6.07) is 5.28. The first-order chi connectivity index (χ1) is 7.65. The predicted octanol–water partition coefficient (Wildman–Crippen LogP) is 0.678. The molecular formula is C11H13BrN2O2. The van der Waals surface area contributed by atoms with Crippen molar-refractivity contribution in [3.8, 4) is 0 Å². The number of halogens is 1. The Morgan fingerprint density at radius 2 is 2.44 bits per heavy atom. The first-order valence-electron chi connectivity index (χ1n) is 5.21. The largest absolute Gasteiger partial charge is 0.392 e. The molecule has 1 saturated heterocycles. The molecule has 0 aromatic carbocycles. The highest BCUT2D eigenvalue weighted by atomic mass is 79.9. The first-order valence-corrected chi connectivity index (χ1v) is 6.00. The van der Waals surface area contributed by atoms with Gasteiger partial charge in [-0.3, -0.25) is 4.79 Å². The monoisotopic (exact) mass is 284 g/mol. The number of nitrogens with one attached hydrogen (secondary N) is 1. The molecule has 0 bridgehead atoms. The second kappa shape index (κ2) is 5.03. The minimum atomic E-state index is -0.399. The molecule has 16 heavy (non-hydrogen) atoms. The molecule has 0 unspecified atom stereocenters. The fraction of sp³-hybridized carbons (Fsp3) is 0.455. The van der Waals surface area contributed by atoms with E-state index in [4.69, 9.17) is 0 Å². The van der Waals surface area contributed by atoms with Crippen LogP contribution in [0.3, 0.4) is 0 Å². The molecule has 2 N–H and O–H groups in total. The van der Waals surface area contributed by atoms with E-state index in [0.29, 0.717) is 19.4 Å². The molecule has 0 saturated carbocycles. The van der Waals surface area contributed by atoms with Gasteiger partial charge in [0.25, 0.3) is 0 Å².